The van der Waals surface area contributed by atoms with E-state index in [0.29, 0.717) is 0 Å². The Bertz CT molecular complexity index is 775. The Morgan fingerprint density at radius 3 is 2.86 bits per heavy atom. The van der Waals surface area contributed by atoms with Crippen LogP contribution in [0.4, 0.5) is 5.69 Å². The lowest BCUT2D eigenvalue weighted by Gasteiger charge is -2.06. The van der Waals surface area contributed by atoms with E-state index in [1.807, 2.05) is 0 Å². The number of hydrogen-bond donors (Lipinski definition) is 1. The zero-order valence-corrected chi connectivity index (χ0v) is 12.0. The van der Waals surface area contributed by atoms with E-state index in [1.165, 1.54) is 35.1 Å². The molecule has 0 saturated carbocycles. The highest BCUT2D eigenvalue weighted by molar-refractivity contribution is 6.32. The highest BCUT2D eigenvalue weighted by atomic mass is 35.5. The molecule has 1 aromatic heterocycles. The molecular weight excluding hydrogens is 312 g/mol. The quantitative estimate of drug-likeness (QED) is 0.658. The van der Waals surface area contributed by atoms with Crippen LogP contribution >= 0.6 is 11.6 Å². The fraction of sp³-hybridized carbons (Fsp3) is 0.154. The number of nitrogens with one attached hydrogen (secondary N) is 1. The lowest BCUT2D eigenvalue weighted by Crippen LogP contribution is -2.31. The average Bonchev–Trinajstić information content (AvgIpc) is 2.49. The molecule has 1 amide bonds. The first-order valence-electron chi connectivity index (χ1n) is 6.23. The number of halogens is 1. The monoisotopic (exact) mass is 322 g/mol. The molecule has 0 spiro atoms. The van der Waals surface area contributed by atoms with E-state index >= 15 is 0 Å². The van der Waals surface area contributed by atoms with Gasteiger partial charge in [-0.3, -0.25) is 19.7 Å². The minimum atomic E-state index is -0.660. The molecule has 0 bridgehead atoms. The molecular formula is C13H11ClN4O4. The van der Waals surface area contributed by atoms with Crippen molar-refractivity contribution in [1.82, 2.24) is 15.1 Å². The first kappa shape index (κ1) is 15.6. The van der Waals surface area contributed by atoms with Crippen LogP contribution in [0.15, 0.2) is 41.3 Å². The number of carbonyl (C=O) groups excluding carboxylic acids is 1. The van der Waals surface area contributed by atoms with E-state index in [1.54, 1.807) is 0 Å². The Balaban J connectivity index is 2.01. The van der Waals surface area contributed by atoms with Gasteiger partial charge >= 0.3 is 0 Å². The predicted molar refractivity (Wildman–Crippen MR) is 78.9 cm³/mol. The summed E-state index contributed by atoms with van der Waals surface area (Å²) in [4.78, 5) is 33.5. The van der Waals surface area contributed by atoms with Crippen LogP contribution in [0.2, 0.25) is 5.02 Å². The van der Waals surface area contributed by atoms with Crippen molar-refractivity contribution in [1.29, 1.82) is 0 Å². The van der Waals surface area contributed by atoms with Crippen molar-refractivity contribution in [2.75, 3.05) is 6.54 Å². The molecule has 0 saturated heterocycles. The van der Waals surface area contributed by atoms with Gasteiger partial charge in [-0.15, -0.1) is 0 Å². The van der Waals surface area contributed by atoms with E-state index in [2.05, 4.69) is 10.4 Å². The molecule has 114 valence electrons. The summed E-state index contributed by atoms with van der Waals surface area (Å²) < 4.78 is 1.20. The molecule has 8 nitrogen and oxygen atoms in total. The highest BCUT2D eigenvalue weighted by Crippen LogP contribution is 2.24. The third-order valence-electron chi connectivity index (χ3n) is 2.80. The van der Waals surface area contributed by atoms with Gasteiger partial charge < -0.3 is 5.32 Å². The maximum absolute atomic E-state index is 11.9. The number of aromatic nitrogens is 2. The first-order valence-corrected chi connectivity index (χ1v) is 6.61. The maximum atomic E-state index is 11.9. The summed E-state index contributed by atoms with van der Waals surface area (Å²) in [6, 6.07) is 6.65. The number of hydrogen-bond acceptors (Lipinski definition) is 5. The van der Waals surface area contributed by atoms with E-state index in [0.717, 1.165) is 6.07 Å². The maximum Gasteiger partial charge on any atom is 0.288 e. The second-order valence-electron chi connectivity index (χ2n) is 4.26. The van der Waals surface area contributed by atoms with Gasteiger partial charge in [-0.25, -0.2) is 4.68 Å². The molecule has 0 fully saturated rings. The normalized spacial score (nSPS) is 10.2. The molecule has 9 heteroatoms. The van der Waals surface area contributed by atoms with Crippen LogP contribution < -0.4 is 10.9 Å². The summed E-state index contributed by atoms with van der Waals surface area (Å²) in [7, 11) is 0. The number of carbonyl (C=O) groups is 1. The van der Waals surface area contributed by atoms with Gasteiger partial charge in [0.1, 0.15) is 5.02 Å². The van der Waals surface area contributed by atoms with Crippen LogP contribution in [0.1, 0.15) is 10.4 Å². The van der Waals surface area contributed by atoms with Crippen molar-refractivity contribution in [2.45, 2.75) is 6.54 Å². The summed E-state index contributed by atoms with van der Waals surface area (Å²) >= 11 is 5.68. The van der Waals surface area contributed by atoms with Crippen molar-refractivity contribution >= 4 is 23.2 Å². The van der Waals surface area contributed by atoms with Gasteiger partial charge in [0.2, 0.25) is 0 Å². The minimum absolute atomic E-state index is 0.0402. The molecule has 1 N–H and O–H groups in total. The van der Waals surface area contributed by atoms with Gasteiger partial charge in [0.15, 0.2) is 0 Å². The van der Waals surface area contributed by atoms with E-state index < -0.39 is 10.8 Å². The SMILES string of the molecule is O=C(NCCn1ncccc1=O)c1ccc(Cl)c([N+](=O)[O-])c1. The van der Waals surface area contributed by atoms with Crippen molar-refractivity contribution in [3.8, 4) is 0 Å². The molecule has 2 aromatic rings. The van der Waals surface area contributed by atoms with Gasteiger partial charge in [-0.1, -0.05) is 11.6 Å². The third-order valence-corrected chi connectivity index (χ3v) is 3.12. The molecule has 0 unspecified atom stereocenters. The van der Waals surface area contributed by atoms with Crippen LogP contribution in [0, 0.1) is 10.1 Å². The summed E-state index contributed by atoms with van der Waals surface area (Å²) in [5.74, 6) is -0.497. The van der Waals surface area contributed by atoms with Gasteiger partial charge in [0.25, 0.3) is 17.2 Å². The highest BCUT2D eigenvalue weighted by Gasteiger charge is 2.16. The van der Waals surface area contributed by atoms with Crippen molar-refractivity contribution in [3.63, 3.8) is 0 Å². The van der Waals surface area contributed by atoms with Crippen molar-refractivity contribution < 1.29 is 9.72 Å². The summed E-state index contributed by atoms with van der Waals surface area (Å²) in [6.45, 7) is 0.354. The van der Waals surface area contributed by atoms with Crippen LogP contribution in [0.25, 0.3) is 0 Å². The first-order chi connectivity index (χ1) is 10.5. The van der Waals surface area contributed by atoms with Gasteiger partial charge in [0, 0.05) is 30.4 Å². The fourth-order valence-electron chi connectivity index (χ4n) is 1.73. The molecule has 1 aromatic carbocycles. The van der Waals surface area contributed by atoms with Crippen LogP contribution in [-0.4, -0.2) is 27.2 Å². The van der Waals surface area contributed by atoms with E-state index in [9.17, 15) is 19.7 Å². The number of benzene rings is 1. The second kappa shape index (κ2) is 6.81. The Hall–Kier alpha value is -2.74. The second-order valence-corrected chi connectivity index (χ2v) is 4.67. The molecule has 0 aliphatic heterocycles. The standard InChI is InChI=1S/C13H11ClN4O4/c14-10-4-3-9(8-11(10)18(21)22)13(20)15-6-7-17-12(19)2-1-5-16-17/h1-5,8H,6-7H2,(H,15,20). The number of nitro groups is 1. The average molecular weight is 323 g/mol. The van der Waals surface area contributed by atoms with Crippen LogP contribution in [0.3, 0.4) is 0 Å². The molecule has 1 heterocycles. The van der Waals surface area contributed by atoms with Gasteiger partial charge in [0.05, 0.1) is 11.5 Å². The summed E-state index contributed by atoms with van der Waals surface area (Å²) in [5, 5.41) is 17.1. The lowest BCUT2D eigenvalue weighted by atomic mass is 10.2. The molecule has 0 atom stereocenters. The van der Waals surface area contributed by atoms with Crippen LogP contribution in [-0.2, 0) is 6.54 Å². The van der Waals surface area contributed by atoms with Gasteiger partial charge in [-0.2, -0.15) is 5.10 Å². The summed E-state index contributed by atoms with van der Waals surface area (Å²) in [6.07, 6.45) is 1.46. The number of amides is 1. The minimum Gasteiger partial charge on any atom is -0.350 e. The molecule has 0 radical (unpaired) electrons. The fourth-order valence-corrected chi connectivity index (χ4v) is 1.91. The lowest BCUT2D eigenvalue weighted by molar-refractivity contribution is -0.384. The zero-order chi connectivity index (χ0) is 16.1. The number of nitrogens with zero attached hydrogens (tertiary/aromatic N) is 3. The summed E-state index contributed by atoms with van der Waals surface area (Å²) in [5.41, 5.74) is -0.501. The predicted octanol–water partition coefficient (Wildman–Crippen LogP) is 1.23. The Labute approximate surface area is 129 Å². The van der Waals surface area contributed by atoms with Crippen molar-refractivity contribution in [2.24, 2.45) is 0 Å². The molecule has 22 heavy (non-hydrogen) atoms. The van der Waals surface area contributed by atoms with E-state index in [-0.39, 0.29) is 34.9 Å². The van der Waals surface area contributed by atoms with Crippen LogP contribution in [0.5, 0.6) is 0 Å². The number of nitro benzene ring substituents is 1. The van der Waals surface area contributed by atoms with Crippen molar-refractivity contribution in [3.05, 3.63) is 67.6 Å². The zero-order valence-electron chi connectivity index (χ0n) is 11.2. The Morgan fingerprint density at radius 2 is 2.18 bits per heavy atom. The van der Waals surface area contributed by atoms with E-state index in [4.69, 9.17) is 11.6 Å². The molecule has 2 rings (SSSR count). The third kappa shape index (κ3) is 3.67. The topological polar surface area (TPSA) is 107 Å². The smallest absolute Gasteiger partial charge is 0.288 e. The largest absolute Gasteiger partial charge is 0.350 e. The molecule has 0 aliphatic rings. The molecule has 0 aliphatic carbocycles. The number of rotatable bonds is 5. The Kier molecular flexibility index (Phi) is 4.84. The van der Waals surface area contributed by atoms with Gasteiger partial charge in [-0.05, 0) is 18.2 Å². The Morgan fingerprint density at radius 1 is 1.41 bits per heavy atom.